The highest BCUT2D eigenvalue weighted by atomic mass is 32.1. The molecule has 26 heavy (non-hydrogen) atoms. The Morgan fingerprint density at radius 1 is 1.38 bits per heavy atom. The van der Waals surface area contributed by atoms with E-state index in [-0.39, 0.29) is 12.3 Å². The van der Waals surface area contributed by atoms with Gasteiger partial charge in [-0.15, -0.1) is 11.3 Å². The molecule has 0 saturated carbocycles. The molecule has 0 aromatic carbocycles. The summed E-state index contributed by atoms with van der Waals surface area (Å²) in [6.07, 6.45) is 4.61. The fourth-order valence-electron chi connectivity index (χ4n) is 3.33. The molecule has 0 bridgehead atoms. The van der Waals surface area contributed by atoms with Crippen LogP contribution in [0.4, 0.5) is 5.00 Å². The van der Waals surface area contributed by atoms with E-state index in [1.807, 2.05) is 0 Å². The summed E-state index contributed by atoms with van der Waals surface area (Å²) in [5.41, 5.74) is 1.58. The van der Waals surface area contributed by atoms with Crippen LogP contribution < -0.4 is 5.32 Å². The zero-order chi connectivity index (χ0) is 18.7. The first-order chi connectivity index (χ1) is 12.5. The first-order valence-corrected chi connectivity index (χ1v) is 9.56. The number of carbonyl (C=O) groups excluding carboxylic acids is 3. The Labute approximate surface area is 155 Å². The van der Waals surface area contributed by atoms with Crippen molar-refractivity contribution >= 4 is 34.1 Å². The van der Waals surface area contributed by atoms with Gasteiger partial charge >= 0.3 is 5.97 Å². The number of nitrogens with one attached hydrogen (secondary N) is 1. The second-order valence-corrected chi connectivity index (χ2v) is 7.79. The first-order valence-electron chi connectivity index (χ1n) is 8.74. The topological polar surface area (TPSA) is 99.5 Å². The molecule has 1 aliphatic heterocycles. The zero-order valence-corrected chi connectivity index (χ0v) is 15.5. The standard InChI is InChI=1S/C18H21N3O4S/c1-21-7-6-11(8-16(21)23)18(24)25-10-15(22)20-17-13(9-19)12-4-2-3-5-14(12)26-17/h11H,2-8,10H2,1H3,(H,20,22)/t11-/m1/s1. The third-order valence-corrected chi connectivity index (χ3v) is 6.08. The maximum Gasteiger partial charge on any atom is 0.310 e. The van der Waals surface area contributed by atoms with E-state index in [4.69, 9.17) is 4.74 Å². The maximum atomic E-state index is 12.1. The van der Waals surface area contributed by atoms with E-state index in [2.05, 4.69) is 11.4 Å². The van der Waals surface area contributed by atoms with Gasteiger partial charge < -0.3 is 15.0 Å². The molecular formula is C18H21N3O4S. The van der Waals surface area contributed by atoms with Gasteiger partial charge in [0.25, 0.3) is 5.91 Å². The highest BCUT2D eigenvalue weighted by molar-refractivity contribution is 7.16. The number of nitrogens with zero attached hydrogens (tertiary/aromatic N) is 2. The Hall–Kier alpha value is -2.40. The van der Waals surface area contributed by atoms with E-state index in [0.29, 0.717) is 23.5 Å². The van der Waals surface area contributed by atoms with Crippen LogP contribution in [0, 0.1) is 17.2 Å². The lowest BCUT2D eigenvalue weighted by molar-refractivity contribution is -0.155. The minimum atomic E-state index is -0.521. The van der Waals surface area contributed by atoms with E-state index in [1.165, 1.54) is 11.3 Å². The molecule has 1 N–H and O–H groups in total. The number of esters is 1. The number of nitriles is 1. The van der Waals surface area contributed by atoms with Gasteiger partial charge in [0, 0.05) is 24.9 Å². The molecule has 1 saturated heterocycles. The lowest BCUT2D eigenvalue weighted by Gasteiger charge is -2.27. The predicted molar refractivity (Wildman–Crippen MR) is 95.6 cm³/mol. The molecule has 1 atom stereocenters. The fraction of sp³-hybridized carbons (Fsp3) is 0.556. The Bertz CT molecular complexity index is 780. The number of piperidine rings is 1. The third kappa shape index (κ3) is 3.88. The normalized spacial score (nSPS) is 19.5. The number of likely N-dealkylation sites (tertiary alicyclic amines) is 1. The van der Waals surface area contributed by atoms with Crippen molar-refractivity contribution in [2.24, 2.45) is 5.92 Å². The van der Waals surface area contributed by atoms with Crippen LogP contribution in [0.15, 0.2) is 0 Å². The molecular weight excluding hydrogens is 354 g/mol. The highest BCUT2D eigenvalue weighted by Gasteiger charge is 2.30. The largest absolute Gasteiger partial charge is 0.455 e. The van der Waals surface area contributed by atoms with Crippen molar-refractivity contribution in [2.45, 2.75) is 38.5 Å². The van der Waals surface area contributed by atoms with Crippen molar-refractivity contribution < 1.29 is 19.1 Å². The predicted octanol–water partition coefficient (Wildman–Crippen LogP) is 1.85. The summed E-state index contributed by atoms with van der Waals surface area (Å²) >= 11 is 1.43. The quantitative estimate of drug-likeness (QED) is 0.810. The zero-order valence-electron chi connectivity index (χ0n) is 14.7. The average Bonchev–Trinajstić information content (AvgIpc) is 2.98. The van der Waals surface area contributed by atoms with Crippen LogP contribution in [0.1, 0.15) is 41.7 Å². The molecule has 0 spiro atoms. The minimum absolute atomic E-state index is 0.0921. The molecule has 0 unspecified atom stereocenters. The average molecular weight is 375 g/mol. The molecule has 2 aliphatic rings. The molecule has 0 radical (unpaired) electrons. The number of rotatable bonds is 4. The number of aryl methyl sites for hydroxylation is 1. The lowest BCUT2D eigenvalue weighted by atomic mass is 9.96. The molecule has 3 rings (SSSR count). The Morgan fingerprint density at radius 2 is 2.15 bits per heavy atom. The molecule has 7 nitrogen and oxygen atoms in total. The number of fused-ring (bicyclic) bond motifs is 1. The van der Waals surface area contributed by atoms with Crippen LogP contribution in [-0.4, -0.2) is 42.9 Å². The Kier molecular flexibility index (Phi) is 5.57. The number of ether oxygens (including phenoxy) is 1. The van der Waals surface area contributed by atoms with Crippen LogP contribution in [-0.2, 0) is 32.0 Å². The maximum absolute atomic E-state index is 12.1. The van der Waals surface area contributed by atoms with Crippen molar-refractivity contribution in [1.82, 2.24) is 4.90 Å². The van der Waals surface area contributed by atoms with E-state index in [9.17, 15) is 19.6 Å². The van der Waals surface area contributed by atoms with E-state index >= 15 is 0 Å². The minimum Gasteiger partial charge on any atom is -0.455 e. The van der Waals surface area contributed by atoms with Gasteiger partial charge in [-0.05, 0) is 37.7 Å². The number of anilines is 1. The number of hydrogen-bond acceptors (Lipinski definition) is 6. The summed E-state index contributed by atoms with van der Waals surface area (Å²) < 4.78 is 5.07. The summed E-state index contributed by atoms with van der Waals surface area (Å²) in [7, 11) is 1.70. The summed E-state index contributed by atoms with van der Waals surface area (Å²) in [5, 5.41) is 12.6. The second-order valence-electron chi connectivity index (χ2n) is 6.69. The molecule has 1 aromatic rings. The SMILES string of the molecule is CN1CC[C@@H](C(=O)OCC(=O)Nc2sc3c(c2C#N)CCCC3)CC1=O. The summed E-state index contributed by atoms with van der Waals surface area (Å²) in [4.78, 5) is 38.6. The first kappa shape index (κ1) is 18.4. The van der Waals surface area contributed by atoms with Gasteiger partial charge in [-0.2, -0.15) is 5.26 Å². The van der Waals surface area contributed by atoms with E-state index < -0.39 is 24.4 Å². The summed E-state index contributed by atoms with van der Waals surface area (Å²) in [5.74, 6) is -1.57. The highest BCUT2D eigenvalue weighted by Crippen LogP contribution is 2.37. The molecule has 138 valence electrons. The monoisotopic (exact) mass is 375 g/mol. The van der Waals surface area contributed by atoms with Gasteiger partial charge in [0.1, 0.15) is 11.1 Å². The number of thiophene rings is 1. The van der Waals surface area contributed by atoms with Crippen molar-refractivity contribution in [3.63, 3.8) is 0 Å². The van der Waals surface area contributed by atoms with Crippen molar-refractivity contribution in [2.75, 3.05) is 25.5 Å². The molecule has 8 heteroatoms. The van der Waals surface area contributed by atoms with Crippen LogP contribution in [0.25, 0.3) is 0 Å². The van der Waals surface area contributed by atoms with Gasteiger partial charge in [0.2, 0.25) is 5.91 Å². The van der Waals surface area contributed by atoms with Crippen LogP contribution in [0.5, 0.6) is 0 Å². The smallest absolute Gasteiger partial charge is 0.310 e. The molecule has 1 aromatic heterocycles. The van der Waals surface area contributed by atoms with Crippen molar-refractivity contribution in [3.8, 4) is 6.07 Å². The van der Waals surface area contributed by atoms with Gasteiger partial charge in [0.15, 0.2) is 6.61 Å². The third-order valence-electron chi connectivity index (χ3n) is 4.87. The molecule has 1 aliphatic carbocycles. The van der Waals surface area contributed by atoms with Crippen LogP contribution >= 0.6 is 11.3 Å². The van der Waals surface area contributed by atoms with Gasteiger partial charge in [-0.1, -0.05) is 0 Å². The van der Waals surface area contributed by atoms with Gasteiger partial charge in [-0.3, -0.25) is 14.4 Å². The Balaban J connectivity index is 1.55. The molecule has 2 heterocycles. The van der Waals surface area contributed by atoms with Gasteiger partial charge in [-0.25, -0.2) is 0 Å². The van der Waals surface area contributed by atoms with Crippen molar-refractivity contribution in [3.05, 3.63) is 16.0 Å². The van der Waals surface area contributed by atoms with Crippen LogP contribution in [0.2, 0.25) is 0 Å². The van der Waals surface area contributed by atoms with E-state index in [0.717, 1.165) is 36.1 Å². The summed E-state index contributed by atoms with van der Waals surface area (Å²) in [6.45, 7) is 0.101. The number of hydrogen-bond donors (Lipinski definition) is 1. The fourth-order valence-corrected chi connectivity index (χ4v) is 4.59. The lowest BCUT2D eigenvalue weighted by Crippen LogP contribution is -2.39. The number of carbonyl (C=O) groups is 3. The van der Waals surface area contributed by atoms with Crippen molar-refractivity contribution in [1.29, 1.82) is 5.26 Å². The molecule has 2 amide bonds. The summed E-state index contributed by atoms with van der Waals surface area (Å²) in [6, 6.07) is 2.18. The van der Waals surface area contributed by atoms with Gasteiger partial charge in [0.05, 0.1) is 11.5 Å². The molecule has 1 fully saturated rings. The van der Waals surface area contributed by atoms with Crippen LogP contribution in [0.3, 0.4) is 0 Å². The van der Waals surface area contributed by atoms with E-state index in [1.54, 1.807) is 11.9 Å². The number of amides is 2. The Morgan fingerprint density at radius 3 is 2.88 bits per heavy atom. The second kappa shape index (κ2) is 7.87.